The molecule has 18 heavy (non-hydrogen) atoms. The summed E-state index contributed by atoms with van der Waals surface area (Å²) in [6, 6.07) is 2.12. The van der Waals surface area contributed by atoms with E-state index in [1.807, 2.05) is 17.9 Å². The summed E-state index contributed by atoms with van der Waals surface area (Å²) in [6.07, 6.45) is 5.63. The van der Waals surface area contributed by atoms with E-state index in [4.69, 9.17) is 4.74 Å². The molecule has 0 spiro atoms. The molecule has 1 aromatic heterocycles. The first kappa shape index (κ1) is 13.6. The molecule has 1 aliphatic heterocycles. The van der Waals surface area contributed by atoms with Gasteiger partial charge in [-0.15, -0.1) is 0 Å². The zero-order valence-electron chi connectivity index (χ0n) is 11.8. The third-order valence-corrected chi connectivity index (χ3v) is 4.04. The number of hydrogen-bond acceptors (Lipinski definition) is 3. The van der Waals surface area contributed by atoms with E-state index in [1.165, 1.54) is 12.1 Å². The Kier molecular flexibility index (Phi) is 4.40. The molecule has 0 aliphatic carbocycles. The molecule has 2 atom stereocenters. The maximum absolute atomic E-state index is 5.80. The average Bonchev–Trinajstić information content (AvgIpc) is 2.88. The Labute approximate surface area is 110 Å². The Balaban J connectivity index is 2.04. The second kappa shape index (κ2) is 5.85. The first-order chi connectivity index (χ1) is 8.66. The molecule has 0 aromatic carbocycles. The van der Waals surface area contributed by atoms with E-state index in [1.54, 1.807) is 0 Å². The van der Waals surface area contributed by atoms with Crippen molar-refractivity contribution in [2.45, 2.75) is 39.2 Å². The molecule has 0 radical (unpaired) electrons. The lowest BCUT2D eigenvalue weighted by Gasteiger charge is -2.32. The molecule has 0 amide bonds. The monoisotopic (exact) mass is 251 g/mol. The zero-order valence-corrected chi connectivity index (χ0v) is 11.8. The van der Waals surface area contributed by atoms with Crippen molar-refractivity contribution in [1.82, 2.24) is 15.1 Å². The summed E-state index contributed by atoms with van der Waals surface area (Å²) in [5, 5.41) is 8.08. The van der Waals surface area contributed by atoms with Crippen LogP contribution in [0.2, 0.25) is 0 Å². The molecule has 0 bridgehead atoms. The van der Waals surface area contributed by atoms with Gasteiger partial charge in [-0.05, 0) is 32.4 Å². The van der Waals surface area contributed by atoms with Crippen molar-refractivity contribution in [3.05, 3.63) is 18.0 Å². The van der Waals surface area contributed by atoms with E-state index in [0.29, 0.717) is 6.10 Å². The topological polar surface area (TPSA) is 39.1 Å². The van der Waals surface area contributed by atoms with Crippen molar-refractivity contribution in [3.63, 3.8) is 0 Å². The molecular formula is C14H25N3O. The van der Waals surface area contributed by atoms with Gasteiger partial charge in [0, 0.05) is 38.2 Å². The summed E-state index contributed by atoms with van der Waals surface area (Å²) in [5.74, 6) is 0. The van der Waals surface area contributed by atoms with E-state index in [9.17, 15) is 0 Å². The van der Waals surface area contributed by atoms with Crippen molar-refractivity contribution >= 4 is 0 Å². The molecule has 4 nitrogen and oxygen atoms in total. The molecule has 2 rings (SSSR count). The molecule has 1 aromatic rings. The second-order valence-electron chi connectivity index (χ2n) is 5.46. The Morgan fingerprint density at radius 1 is 1.61 bits per heavy atom. The fourth-order valence-corrected chi connectivity index (χ4v) is 2.78. The molecular weight excluding hydrogens is 226 g/mol. The maximum atomic E-state index is 5.80. The summed E-state index contributed by atoms with van der Waals surface area (Å²) in [7, 11) is 1.97. The first-order valence-electron chi connectivity index (χ1n) is 6.97. The van der Waals surface area contributed by atoms with Crippen molar-refractivity contribution < 1.29 is 4.74 Å². The van der Waals surface area contributed by atoms with Crippen molar-refractivity contribution in [1.29, 1.82) is 0 Å². The van der Waals surface area contributed by atoms with Gasteiger partial charge in [-0.2, -0.15) is 5.10 Å². The first-order valence-corrected chi connectivity index (χ1v) is 6.97. The average molecular weight is 251 g/mol. The standard InChI is InChI=1S/C14H25N3O/c1-4-7-15-11-14(6-9-18-12(14)2)10-13-5-8-17(3)16-13/h5,8,12,15H,4,6-7,9-11H2,1-3H3. The van der Waals surface area contributed by atoms with Crippen LogP contribution in [-0.2, 0) is 18.2 Å². The number of rotatable bonds is 6. The smallest absolute Gasteiger partial charge is 0.0631 e. The van der Waals surface area contributed by atoms with Crippen LogP contribution in [0.3, 0.4) is 0 Å². The summed E-state index contributed by atoms with van der Waals surface area (Å²) < 4.78 is 7.68. The highest BCUT2D eigenvalue weighted by molar-refractivity contribution is 5.06. The highest BCUT2D eigenvalue weighted by Gasteiger charge is 2.41. The zero-order chi connectivity index (χ0) is 13.0. The van der Waals surface area contributed by atoms with Gasteiger partial charge in [0.25, 0.3) is 0 Å². The van der Waals surface area contributed by atoms with Crippen LogP contribution < -0.4 is 5.32 Å². The summed E-state index contributed by atoms with van der Waals surface area (Å²) >= 11 is 0. The number of nitrogens with one attached hydrogen (secondary N) is 1. The minimum Gasteiger partial charge on any atom is -0.378 e. The predicted octanol–water partition coefficient (Wildman–Crippen LogP) is 1.76. The van der Waals surface area contributed by atoms with E-state index in [0.717, 1.165) is 32.5 Å². The van der Waals surface area contributed by atoms with Crippen LogP contribution in [0, 0.1) is 5.41 Å². The number of aromatic nitrogens is 2. The van der Waals surface area contributed by atoms with E-state index >= 15 is 0 Å². The molecule has 2 heterocycles. The minimum atomic E-state index is 0.212. The normalized spacial score (nSPS) is 27.8. The number of ether oxygens (including phenoxy) is 1. The van der Waals surface area contributed by atoms with Gasteiger partial charge in [-0.1, -0.05) is 6.92 Å². The third-order valence-electron chi connectivity index (χ3n) is 4.04. The van der Waals surface area contributed by atoms with Crippen LogP contribution in [0.1, 0.15) is 32.4 Å². The third kappa shape index (κ3) is 2.93. The molecule has 1 N–H and O–H groups in total. The molecule has 0 saturated carbocycles. The molecule has 2 unspecified atom stereocenters. The van der Waals surface area contributed by atoms with E-state index in [2.05, 4.69) is 30.3 Å². The van der Waals surface area contributed by atoms with Gasteiger partial charge in [0.2, 0.25) is 0 Å². The molecule has 1 aliphatic rings. The highest BCUT2D eigenvalue weighted by atomic mass is 16.5. The van der Waals surface area contributed by atoms with Gasteiger partial charge in [-0.25, -0.2) is 0 Å². The Hall–Kier alpha value is -0.870. The van der Waals surface area contributed by atoms with Gasteiger partial charge in [-0.3, -0.25) is 4.68 Å². The van der Waals surface area contributed by atoms with Crippen LogP contribution in [0.25, 0.3) is 0 Å². The molecule has 1 saturated heterocycles. The fourth-order valence-electron chi connectivity index (χ4n) is 2.78. The van der Waals surface area contributed by atoms with Gasteiger partial charge in [0.1, 0.15) is 0 Å². The number of nitrogens with zero attached hydrogens (tertiary/aromatic N) is 2. The van der Waals surface area contributed by atoms with Gasteiger partial charge in [0.15, 0.2) is 0 Å². The lowest BCUT2D eigenvalue weighted by atomic mass is 9.77. The maximum Gasteiger partial charge on any atom is 0.0631 e. The molecule has 4 heteroatoms. The Morgan fingerprint density at radius 3 is 3.00 bits per heavy atom. The van der Waals surface area contributed by atoms with E-state index < -0.39 is 0 Å². The quantitative estimate of drug-likeness (QED) is 0.783. The van der Waals surface area contributed by atoms with Crippen LogP contribution in [0.4, 0.5) is 0 Å². The van der Waals surface area contributed by atoms with Crippen LogP contribution >= 0.6 is 0 Å². The largest absolute Gasteiger partial charge is 0.378 e. The fraction of sp³-hybridized carbons (Fsp3) is 0.786. The van der Waals surface area contributed by atoms with Crippen LogP contribution in [0.5, 0.6) is 0 Å². The Bertz CT molecular complexity index is 377. The Morgan fingerprint density at radius 2 is 2.44 bits per heavy atom. The van der Waals surface area contributed by atoms with Crippen LogP contribution in [-0.4, -0.2) is 35.6 Å². The van der Waals surface area contributed by atoms with Gasteiger partial charge < -0.3 is 10.1 Å². The van der Waals surface area contributed by atoms with E-state index in [-0.39, 0.29) is 5.41 Å². The minimum absolute atomic E-state index is 0.212. The van der Waals surface area contributed by atoms with Gasteiger partial charge >= 0.3 is 0 Å². The SMILES string of the molecule is CCCNCC1(Cc2ccn(C)n2)CCOC1C. The summed E-state index contributed by atoms with van der Waals surface area (Å²) in [4.78, 5) is 0. The van der Waals surface area contributed by atoms with Crippen molar-refractivity contribution in [3.8, 4) is 0 Å². The number of hydrogen-bond donors (Lipinski definition) is 1. The van der Waals surface area contributed by atoms with Crippen molar-refractivity contribution in [2.75, 3.05) is 19.7 Å². The second-order valence-corrected chi connectivity index (χ2v) is 5.46. The van der Waals surface area contributed by atoms with Crippen molar-refractivity contribution in [2.24, 2.45) is 12.5 Å². The van der Waals surface area contributed by atoms with Gasteiger partial charge in [0.05, 0.1) is 11.8 Å². The lowest BCUT2D eigenvalue weighted by molar-refractivity contribution is 0.0625. The summed E-state index contributed by atoms with van der Waals surface area (Å²) in [6.45, 7) is 7.38. The lowest BCUT2D eigenvalue weighted by Crippen LogP contribution is -2.41. The number of aryl methyl sites for hydroxylation is 1. The highest BCUT2D eigenvalue weighted by Crippen LogP contribution is 2.37. The molecule has 1 fully saturated rings. The molecule has 102 valence electrons. The summed E-state index contributed by atoms with van der Waals surface area (Å²) in [5.41, 5.74) is 1.39. The predicted molar refractivity (Wildman–Crippen MR) is 72.5 cm³/mol. The van der Waals surface area contributed by atoms with Crippen LogP contribution in [0.15, 0.2) is 12.3 Å².